The fourth-order valence-electron chi connectivity index (χ4n) is 2.19. The van der Waals surface area contributed by atoms with Crippen LogP contribution in [0.5, 0.6) is 0 Å². The lowest BCUT2D eigenvalue weighted by atomic mass is 10.0. The van der Waals surface area contributed by atoms with Crippen LogP contribution in [0.4, 0.5) is 26.3 Å². The highest BCUT2D eigenvalue weighted by molar-refractivity contribution is 5.53. The van der Waals surface area contributed by atoms with E-state index in [1.165, 1.54) is 0 Å². The van der Waals surface area contributed by atoms with Gasteiger partial charge in [0.25, 0.3) is 0 Å². The van der Waals surface area contributed by atoms with Crippen LogP contribution in [0.15, 0.2) is 182 Å². The SMILES string of the molecule is C=C(C)/C=C\C(=C)C(=C)/C=C(/F)C(=C)C(=C)/C=C\C(=C)C(F)(F)OC(=C)/C=C(/F)C(=C)C(=C)/C=C(/F)C(=C)F. The topological polar surface area (TPSA) is 9.23 Å². The lowest BCUT2D eigenvalue weighted by Crippen LogP contribution is -2.21. The Morgan fingerprint density at radius 3 is 1.54 bits per heavy atom. The Balaban J connectivity index is 5.39. The molecule has 0 aromatic carbocycles. The van der Waals surface area contributed by atoms with E-state index in [4.69, 9.17) is 0 Å². The molecule has 0 amide bonds. The second-order valence-electron chi connectivity index (χ2n) is 8.06. The molecular weight excluding hydrogens is 514 g/mol. The molecule has 0 aromatic heterocycles. The first-order valence-corrected chi connectivity index (χ1v) is 10.9. The first-order valence-electron chi connectivity index (χ1n) is 10.9. The second-order valence-corrected chi connectivity index (χ2v) is 8.06. The van der Waals surface area contributed by atoms with Crippen LogP contribution in [0.1, 0.15) is 6.92 Å². The summed E-state index contributed by atoms with van der Waals surface area (Å²) in [5.74, 6) is -5.75. The van der Waals surface area contributed by atoms with Gasteiger partial charge >= 0.3 is 6.11 Å². The molecule has 0 bridgehead atoms. The van der Waals surface area contributed by atoms with Crippen molar-refractivity contribution in [1.29, 1.82) is 0 Å². The maximum atomic E-state index is 14.6. The van der Waals surface area contributed by atoms with Gasteiger partial charge in [0.2, 0.25) is 0 Å². The largest absolute Gasteiger partial charge is 0.429 e. The van der Waals surface area contributed by atoms with Gasteiger partial charge in [0.1, 0.15) is 17.4 Å². The van der Waals surface area contributed by atoms with Crippen LogP contribution >= 0.6 is 0 Å². The molecule has 1 nitrogen and oxygen atoms in total. The van der Waals surface area contributed by atoms with Crippen LogP contribution in [0, 0.1) is 0 Å². The zero-order valence-electron chi connectivity index (χ0n) is 21.8. The molecule has 0 saturated heterocycles. The Bertz CT molecular complexity index is 1310. The van der Waals surface area contributed by atoms with Gasteiger partial charge in [0, 0.05) is 17.2 Å². The van der Waals surface area contributed by atoms with E-state index in [9.17, 15) is 26.3 Å². The van der Waals surface area contributed by atoms with Crippen molar-refractivity contribution >= 4 is 0 Å². The highest BCUT2D eigenvalue weighted by atomic mass is 19.3. The fourth-order valence-corrected chi connectivity index (χ4v) is 2.19. The molecule has 0 unspecified atom stereocenters. The van der Waals surface area contributed by atoms with Gasteiger partial charge < -0.3 is 4.74 Å². The molecule has 0 rings (SSSR count). The summed E-state index contributed by atoms with van der Waals surface area (Å²) >= 11 is 0. The van der Waals surface area contributed by atoms with Crippen molar-refractivity contribution in [1.82, 2.24) is 0 Å². The predicted octanol–water partition coefficient (Wildman–Crippen LogP) is 10.7. The van der Waals surface area contributed by atoms with Crippen LogP contribution in [0.3, 0.4) is 0 Å². The zero-order valence-corrected chi connectivity index (χ0v) is 21.8. The Hall–Kier alpha value is -4.52. The fraction of sp³-hybridized carbons (Fsp3) is 0.0625. The summed E-state index contributed by atoms with van der Waals surface area (Å²) in [6.07, 6.45) is 3.05. The summed E-state index contributed by atoms with van der Waals surface area (Å²) in [4.78, 5) is 0. The van der Waals surface area contributed by atoms with Crippen molar-refractivity contribution < 1.29 is 31.1 Å². The summed E-state index contributed by atoms with van der Waals surface area (Å²) in [7, 11) is 0. The first kappa shape index (κ1) is 34.5. The standard InChI is InChI=1S/C32H30F6O/c1-19(2)12-13-20(3)22(5)16-29(34)26(9)21(4)14-15-24(7)32(37,38)39-25(8)18-30(35)27(10)23(6)17-31(36)28(11)33/h12-18H,1,3-11H2,2H3/b13-12-,15-14-,29-16+,30-18+,31-17+. The van der Waals surface area contributed by atoms with Gasteiger partial charge in [-0.25, -0.2) is 17.6 Å². The minimum atomic E-state index is -4.07. The third kappa shape index (κ3) is 12.0. The number of rotatable bonds is 16. The summed E-state index contributed by atoms with van der Waals surface area (Å²) < 4.78 is 88.1. The van der Waals surface area contributed by atoms with Crippen LogP contribution < -0.4 is 0 Å². The lowest BCUT2D eigenvalue weighted by Gasteiger charge is -2.18. The van der Waals surface area contributed by atoms with Crippen molar-refractivity contribution in [3.05, 3.63) is 182 Å². The van der Waals surface area contributed by atoms with Crippen LogP contribution in [-0.2, 0) is 4.74 Å². The minimum Gasteiger partial charge on any atom is -0.429 e. The van der Waals surface area contributed by atoms with Gasteiger partial charge in [-0.05, 0) is 47.4 Å². The molecule has 0 aliphatic carbocycles. The van der Waals surface area contributed by atoms with Crippen molar-refractivity contribution in [3.8, 4) is 0 Å². The average molecular weight is 545 g/mol. The molecule has 206 valence electrons. The van der Waals surface area contributed by atoms with Crippen molar-refractivity contribution in [3.63, 3.8) is 0 Å². The van der Waals surface area contributed by atoms with Gasteiger partial charge in [0.05, 0.1) is 5.57 Å². The van der Waals surface area contributed by atoms with Gasteiger partial charge in [-0.3, -0.25) is 0 Å². The van der Waals surface area contributed by atoms with E-state index in [0.29, 0.717) is 17.7 Å². The molecule has 0 radical (unpaired) electrons. The van der Waals surface area contributed by atoms with E-state index in [-0.39, 0.29) is 22.3 Å². The van der Waals surface area contributed by atoms with Gasteiger partial charge in [-0.1, -0.05) is 89.6 Å². The molecule has 0 atom stereocenters. The molecule has 0 aromatic rings. The monoisotopic (exact) mass is 544 g/mol. The molecule has 0 spiro atoms. The second kappa shape index (κ2) is 15.0. The molecule has 0 fully saturated rings. The third-order valence-electron chi connectivity index (χ3n) is 4.60. The maximum Gasteiger partial charge on any atom is 0.426 e. The minimum absolute atomic E-state index is 0.0626. The molecule has 0 heterocycles. The van der Waals surface area contributed by atoms with E-state index < -0.39 is 46.3 Å². The van der Waals surface area contributed by atoms with Gasteiger partial charge in [-0.2, -0.15) is 8.78 Å². The molecule has 39 heavy (non-hydrogen) atoms. The van der Waals surface area contributed by atoms with E-state index in [2.05, 4.69) is 70.5 Å². The predicted molar refractivity (Wildman–Crippen MR) is 150 cm³/mol. The van der Waals surface area contributed by atoms with E-state index in [1.54, 1.807) is 19.1 Å². The van der Waals surface area contributed by atoms with Crippen LogP contribution in [0.25, 0.3) is 0 Å². The summed E-state index contributed by atoms with van der Waals surface area (Å²) in [5.41, 5.74) is -0.697. The number of allylic oxidation sites excluding steroid dienone is 17. The average Bonchev–Trinajstić information content (AvgIpc) is 2.83. The Morgan fingerprint density at radius 2 is 1.03 bits per heavy atom. The van der Waals surface area contributed by atoms with Crippen molar-refractivity contribution in [2.45, 2.75) is 13.0 Å². The van der Waals surface area contributed by atoms with E-state index in [0.717, 1.165) is 23.8 Å². The van der Waals surface area contributed by atoms with Gasteiger partial charge in [0.15, 0.2) is 11.7 Å². The molecule has 0 aliphatic heterocycles. The van der Waals surface area contributed by atoms with Crippen molar-refractivity contribution in [2.24, 2.45) is 0 Å². The van der Waals surface area contributed by atoms with E-state index >= 15 is 0 Å². The van der Waals surface area contributed by atoms with Crippen molar-refractivity contribution in [2.75, 3.05) is 0 Å². The summed E-state index contributed by atoms with van der Waals surface area (Å²) in [6, 6.07) is 0. The smallest absolute Gasteiger partial charge is 0.426 e. The molecule has 0 N–H and O–H groups in total. The highest BCUT2D eigenvalue weighted by Gasteiger charge is 2.34. The lowest BCUT2D eigenvalue weighted by molar-refractivity contribution is -0.175. The number of hydrogen-bond acceptors (Lipinski definition) is 1. The van der Waals surface area contributed by atoms with E-state index in [1.807, 2.05) is 0 Å². The quantitative estimate of drug-likeness (QED) is 0.107. The Morgan fingerprint density at radius 1 is 0.564 bits per heavy atom. The first-order chi connectivity index (χ1) is 17.8. The Kier molecular flexibility index (Phi) is 13.3. The highest BCUT2D eigenvalue weighted by Crippen LogP contribution is 2.31. The number of halogens is 6. The molecule has 0 aliphatic rings. The molecule has 7 heteroatoms. The molecular formula is C32H30F6O. The zero-order chi connectivity index (χ0) is 30.7. The van der Waals surface area contributed by atoms with Gasteiger partial charge in [-0.15, -0.1) is 0 Å². The number of alkyl halides is 2. The third-order valence-corrected chi connectivity index (χ3v) is 4.60. The normalized spacial score (nSPS) is 12.7. The van der Waals surface area contributed by atoms with Crippen LogP contribution in [-0.4, -0.2) is 6.11 Å². The summed E-state index contributed by atoms with van der Waals surface area (Å²) in [6.45, 7) is 35.7. The summed E-state index contributed by atoms with van der Waals surface area (Å²) in [5, 5.41) is 0. The maximum absolute atomic E-state index is 14.6. The number of hydrogen-bond donors (Lipinski definition) is 0. The molecule has 0 saturated carbocycles. The van der Waals surface area contributed by atoms with Crippen LogP contribution in [0.2, 0.25) is 0 Å². The number of ether oxygens (including phenoxy) is 1. The Labute approximate surface area is 226 Å².